The summed E-state index contributed by atoms with van der Waals surface area (Å²) in [6.07, 6.45) is 1.62. The number of morpholine rings is 1. The second-order valence-electron chi connectivity index (χ2n) is 8.88. The van der Waals surface area contributed by atoms with Crippen LogP contribution < -0.4 is 0 Å². The maximum Gasteiger partial charge on any atom is 0.316 e. The number of rotatable bonds is 3. The molecule has 1 fully saturated rings. The van der Waals surface area contributed by atoms with Gasteiger partial charge in [-0.05, 0) is 58.8 Å². The van der Waals surface area contributed by atoms with Crippen molar-refractivity contribution >= 4 is 22.9 Å². The van der Waals surface area contributed by atoms with Crippen LogP contribution in [0.5, 0.6) is 0 Å². The minimum atomic E-state index is -0.439. The average Bonchev–Trinajstić information content (AvgIpc) is 2.83. The standard InChI is InChI=1S/C25H28ClN3O3/c26-25(31)28-8-7-18-5-6-20(13-22(18)15-28)24(30)29-16-21-4-2-1-3-19(21)14-23(29)17-27-9-11-32-12-10-27/h1-6,13,23H,7-12,14-17H2/t23-/m0/s1. The molecule has 168 valence electrons. The molecule has 0 radical (unpaired) electrons. The Morgan fingerprint density at radius 1 is 0.938 bits per heavy atom. The Labute approximate surface area is 193 Å². The Morgan fingerprint density at radius 2 is 1.72 bits per heavy atom. The SMILES string of the molecule is O=C(Cl)N1CCc2ccc(C(=O)N3Cc4ccccc4C[C@H]3CN3CCOCC3)cc2C1. The Balaban J connectivity index is 1.41. The largest absolute Gasteiger partial charge is 0.379 e. The van der Waals surface area contributed by atoms with Crippen molar-refractivity contribution in [3.8, 4) is 0 Å². The van der Waals surface area contributed by atoms with E-state index in [1.165, 1.54) is 16.7 Å². The summed E-state index contributed by atoms with van der Waals surface area (Å²) in [5.74, 6) is 0.0508. The van der Waals surface area contributed by atoms with Gasteiger partial charge in [0.05, 0.1) is 13.2 Å². The van der Waals surface area contributed by atoms with E-state index in [0.29, 0.717) is 25.2 Å². The molecular weight excluding hydrogens is 426 g/mol. The van der Waals surface area contributed by atoms with Crippen molar-refractivity contribution in [2.75, 3.05) is 39.4 Å². The fraction of sp³-hybridized carbons (Fsp3) is 0.440. The lowest BCUT2D eigenvalue weighted by molar-refractivity contribution is 0.0193. The molecule has 2 aromatic carbocycles. The molecule has 0 aromatic heterocycles. The average molecular weight is 454 g/mol. The summed E-state index contributed by atoms with van der Waals surface area (Å²) in [4.78, 5) is 31.4. The first-order valence-corrected chi connectivity index (χ1v) is 11.7. The highest BCUT2D eigenvalue weighted by molar-refractivity contribution is 6.62. The maximum absolute atomic E-state index is 13.7. The molecule has 0 bridgehead atoms. The molecule has 3 aliphatic rings. The molecule has 5 rings (SSSR count). The third-order valence-electron chi connectivity index (χ3n) is 6.90. The molecule has 6 nitrogen and oxygen atoms in total. The molecule has 32 heavy (non-hydrogen) atoms. The molecule has 3 heterocycles. The number of amides is 2. The summed E-state index contributed by atoms with van der Waals surface area (Å²) in [5.41, 5.74) is 5.43. The van der Waals surface area contributed by atoms with E-state index < -0.39 is 5.37 Å². The summed E-state index contributed by atoms with van der Waals surface area (Å²) in [6, 6.07) is 14.5. The molecule has 0 aliphatic carbocycles. The van der Waals surface area contributed by atoms with E-state index in [1.807, 2.05) is 29.2 Å². The molecule has 1 atom stereocenters. The van der Waals surface area contributed by atoms with Crippen molar-refractivity contribution in [3.63, 3.8) is 0 Å². The Morgan fingerprint density at radius 3 is 2.50 bits per heavy atom. The Kier molecular flexibility index (Phi) is 6.17. The third-order valence-corrected chi connectivity index (χ3v) is 7.14. The van der Waals surface area contributed by atoms with Crippen LogP contribution in [-0.2, 0) is 30.7 Å². The van der Waals surface area contributed by atoms with Gasteiger partial charge in [0.25, 0.3) is 5.91 Å². The summed E-state index contributed by atoms with van der Waals surface area (Å²) >= 11 is 5.71. The van der Waals surface area contributed by atoms with Gasteiger partial charge in [0.1, 0.15) is 0 Å². The third kappa shape index (κ3) is 4.40. The molecular formula is C25H28ClN3O3. The quantitative estimate of drug-likeness (QED) is 0.528. The number of hydrogen-bond acceptors (Lipinski definition) is 4. The van der Waals surface area contributed by atoms with Crippen molar-refractivity contribution in [2.24, 2.45) is 0 Å². The number of halogens is 1. The molecule has 0 unspecified atom stereocenters. The van der Waals surface area contributed by atoms with E-state index in [1.54, 1.807) is 4.90 Å². The van der Waals surface area contributed by atoms with Crippen LogP contribution >= 0.6 is 11.6 Å². The minimum Gasteiger partial charge on any atom is -0.379 e. The predicted molar refractivity (Wildman–Crippen MR) is 123 cm³/mol. The molecule has 0 saturated carbocycles. The van der Waals surface area contributed by atoms with Crippen molar-refractivity contribution in [2.45, 2.75) is 32.0 Å². The van der Waals surface area contributed by atoms with Crippen LogP contribution in [0.2, 0.25) is 0 Å². The highest BCUT2D eigenvalue weighted by Gasteiger charge is 2.32. The zero-order chi connectivity index (χ0) is 22.1. The first-order valence-electron chi connectivity index (χ1n) is 11.3. The topological polar surface area (TPSA) is 53.1 Å². The number of carbonyl (C=O) groups excluding carboxylic acids is 2. The van der Waals surface area contributed by atoms with Crippen LogP contribution in [0.1, 0.15) is 32.6 Å². The monoisotopic (exact) mass is 453 g/mol. The van der Waals surface area contributed by atoms with E-state index in [9.17, 15) is 9.59 Å². The smallest absolute Gasteiger partial charge is 0.316 e. The van der Waals surface area contributed by atoms with Crippen LogP contribution in [0, 0.1) is 0 Å². The highest BCUT2D eigenvalue weighted by Crippen LogP contribution is 2.28. The zero-order valence-corrected chi connectivity index (χ0v) is 18.9. The van der Waals surface area contributed by atoms with Crippen LogP contribution in [-0.4, -0.2) is 71.4 Å². The first kappa shape index (κ1) is 21.4. The van der Waals surface area contributed by atoms with Gasteiger partial charge in [-0.15, -0.1) is 0 Å². The molecule has 0 spiro atoms. The predicted octanol–water partition coefficient (Wildman–Crippen LogP) is 3.30. The van der Waals surface area contributed by atoms with Gasteiger partial charge in [-0.25, -0.2) is 0 Å². The summed E-state index contributed by atoms with van der Waals surface area (Å²) < 4.78 is 5.51. The van der Waals surface area contributed by atoms with Gasteiger partial charge in [0.2, 0.25) is 0 Å². The zero-order valence-electron chi connectivity index (χ0n) is 18.1. The van der Waals surface area contributed by atoms with E-state index in [2.05, 4.69) is 23.1 Å². The summed E-state index contributed by atoms with van der Waals surface area (Å²) in [7, 11) is 0. The highest BCUT2D eigenvalue weighted by atomic mass is 35.5. The van der Waals surface area contributed by atoms with E-state index >= 15 is 0 Å². The van der Waals surface area contributed by atoms with Gasteiger partial charge in [0, 0.05) is 50.9 Å². The van der Waals surface area contributed by atoms with Gasteiger partial charge in [-0.3, -0.25) is 14.5 Å². The number of nitrogens with zero attached hydrogens (tertiary/aromatic N) is 3. The summed E-state index contributed by atoms with van der Waals surface area (Å²) in [5, 5.41) is -0.439. The van der Waals surface area contributed by atoms with Crippen LogP contribution in [0.25, 0.3) is 0 Å². The van der Waals surface area contributed by atoms with Crippen LogP contribution in [0.15, 0.2) is 42.5 Å². The number of carbonyl (C=O) groups is 2. The molecule has 2 amide bonds. The van der Waals surface area contributed by atoms with Gasteiger partial charge in [-0.1, -0.05) is 30.3 Å². The molecule has 1 saturated heterocycles. The number of benzene rings is 2. The van der Waals surface area contributed by atoms with Crippen molar-refractivity contribution < 1.29 is 14.3 Å². The van der Waals surface area contributed by atoms with Crippen LogP contribution in [0.3, 0.4) is 0 Å². The number of ether oxygens (including phenoxy) is 1. The summed E-state index contributed by atoms with van der Waals surface area (Å²) in [6.45, 7) is 5.85. The van der Waals surface area contributed by atoms with Gasteiger partial charge in [-0.2, -0.15) is 0 Å². The Bertz CT molecular complexity index is 1020. The minimum absolute atomic E-state index is 0.0508. The maximum atomic E-state index is 13.7. The van der Waals surface area contributed by atoms with Crippen LogP contribution in [0.4, 0.5) is 4.79 Å². The number of fused-ring (bicyclic) bond motifs is 2. The van der Waals surface area contributed by atoms with Gasteiger partial charge >= 0.3 is 5.37 Å². The lowest BCUT2D eigenvalue weighted by Gasteiger charge is -2.40. The van der Waals surface area contributed by atoms with Gasteiger partial charge in [0.15, 0.2) is 0 Å². The molecule has 3 aliphatic heterocycles. The molecule has 7 heteroatoms. The van der Waals surface area contributed by atoms with Crippen molar-refractivity contribution in [3.05, 3.63) is 70.3 Å². The Hall–Kier alpha value is -2.41. The fourth-order valence-electron chi connectivity index (χ4n) is 5.08. The fourth-order valence-corrected chi connectivity index (χ4v) is 5.22. The van der Waals surface area contributed by atoms with Crippen molar-refractivity contribution in [1.29, 1.82) is 0 Å². The first-order chi connectivity index (χ1) is 15.6. The van der Waals surface area contributed by atoms with E-state index in [0.717, 1.165) is 51.3 Å². The lowest BCUT2D eigenvalue weighted by Crippen LogP contribution is -2.52. The second-order valence-corrected chi connectivity index (χ2v) is 9.20. The lowest BCUT2D eigenvalue weighted by atomic mass is 9.92. The molecule has 2 aromatic rings. The van der Waals surface area contributed by atoms with E-state index in [4.69, 9.17) is 16.3 Å². The normalized spacial score (nSPS) is 21.1. The van der Waals surface area contributed by atoms with E-state index in [-0.39, 0.29) is 11.9 Å². The van der Waals surface area contributed by atoms with Crippen molar-refractivity contribution in [1.82, 2.24) is 14.7 Å². The second kappa shape index (κ2) is 9.22. The van der Waals surface area contributed by atoms with Gasteiger partial charge < -0.3 is 14.5 Å². The molecule has 0 N–H and O–H groups in total. The number of hydrogen-bond donors (Lipinski definition) is 0.